The highest BCUT2D eigenvalue weighted by atomic mass is 19.3. The van der Waals surface area contributed by atoms with Crippen molar-refractivity contribution in [3.63, 3.8) is 0 Å². The number of imidazole rings is 1. The zero-order valence-corrected chi connectivity index (χ0v) is 23.7. The molecule has 3 aliphatic carbocycles. The summed E-state index contributed by atoms with van der Waals surface area (Å²) in [6.07, 6.45) is 3.27. The zero-order chi connectivity index (χ0) is 30.0. The van der Waals surface area contributed by atoms with Gasteiger partial charge in [0.15, 0.2) is 5.65 Å². The third-order valence-electron chi connectivity index (χ3n) is 9.33. The van der Waals surface area contributed by atoms with Crippen LogP contribution in [-0.4, -0.2) is 66.4 Å². The average Bonchev–Trinajstić information content (AvgIpc) is 3.88. The van der Waals surface area contributed by atoms with Crippen LogP contribution in [0.25, 0.3) is 11.2 Å². The number of oxime groups is 1. The fourth-order valence-corrected chi connectivity index (χ4v) is 6.76. The molecule has 2 aromatic heterocycles. The van der Waals surface area contributed by atoms with Crippen LogP contribution in [0.3, 0.4) is 0 Å². The lowest BCUT2D eigenvalue weighted by atomic mass is 9.72. The van der Waals surface area contributed by atoms with Crippen molar-refractivity contribution in [2.24, 2.45) is 28.8 Å². The van der Waals surface area contributed by atoms with Crippen LogP contribution in [0.5, 0.6) is 0 Å². The molecule has 42 heavy (non-hydrogen) atoms. The van der Waals surface area contributed by atoms with Crippen LogP contribution < -0.4 is 5.32 Å². The molecule has 4 fully saturated rings. The summed E-state index contributed by atoms with van der Waals surface area (Å²) in [6.45, 7) is 2.68. The van der Waals surface area contributed by atoms with Crippen molar-refractivity contribution in [1.82, 2.24) is 25.2 Å². The number of hydrogen-bond acceptors (Lipinski definition) is 7. The van der Waals surface area contributed by atoms with Gasteiger partial charge in [0.25, 0.3) is 11.8 Å². The fraction of sp³-hybridized carbons (Fsp3) is 0.655. The first-order valence-electron chi connectivity index (χ1n) is 14.7. The Balaban J connectivity index is 1.31. The summed E-state index contributed by atoms with van der Waals surface area (Å²) in [6, 6.07) is 1.78. The smallest absolute Gasteiger partial charge is 0.271 e. The second-order valence-corrected chi connectivity index (χ2v) is 12.9. The number of likely N-dealkylation sites (tertiary alicyclic amines) is 1. The van der Waals surface area contributed by atoms with E-state index in [0.717, 1.165) is 25.7 Å². The van der Waals surface area contributed by atoms with E-state index in [1.165, 1.54) is 18.7 Å². The second-order valence-electron chi connectivity index (χ2n) is 12.9. The van der Waals surface area contributed by atoms with Gasteiger partial charge in [0, 0.05) is 25.3 Å². The molecular formula is C29H36F3N7O3. The van der Waals surface area contributed by atoms with Crippen LogP contribution in [0.4, 0.5) is 13.2 Å². The van der Waals surface area contributed by atoms with Crippen molar-refractivity contribution >= 4 is 34.4 Å². The summed E-state index contributed by atoms with van der Waals surface area (Å²) < 4.78 is 43.4. The molecule has 2 atom stereocenters. The van der Waals surface area contributed by atoms with Gasteiger partial charge < -0.3 is 20.4 Å². The first-order valence-corrected chi connectivity index (χ1v) is 14.7. The molecule has 1 saturated heterocycles. The number of hydrogen-bond donors (Lipinski definition) is 4. The Kier molecular flexibility index (Phi) is 7.04. The van der Waals surface area contributed by atoms with E-state index in [-0.39, 0.29) is 48.3 Å². The summed E-state index contributed by atoms with van der Waals surface area (Å²) in [5.41, 5.74) is -0.866. The summed E-state index contributed by atoms with van der Waals surface area (Å²) in [5.74, 6) is -3.14. The van der Waals surface area contributed by atoms with E-state index in [1.807, 2.05) is 0 Å². The number of fused-ring (bicyclic) bond motifs is 1. The van der Waals surface area contributed by atoms with Crippen LogP contribution in [-0.2, 0) is 9.59 Å². The molecule has 13 heteroatoms. The zero-order valence-electron chi connectivity index (χ0n) is 23.7. The number of rotatable bonds is 9. The van der Waals surface area contributed by atoms with E-state index in [2.05, 4.69) is 20.4 Å². The molecule has 4 aliphatic rings. The van der Waals surface area contributed by atoms with Crippen molar-refractivity contribution in [2.45, 2.75) is 88.9 Å². The Morgan fingerprint density at radius 2 is 1.81 bits per heavy atom. The first kappa shape index (κ1) is 28.6. The number of nitrogens with one attached hydrogen (secondary N) is 3. The summed E-state index contributed by atoms with van der Waals surface area (Å²) >= 11 is 0. The Morgan fingerprint density at radius 3 is 2.40 bits per heavy atom. The van der Waals surface area contributed by atoms with Gasteiger partial charge in [-0.25, -0.2) is 23.1 Å². The number of carbonyl (C=O) groups excluding carboxylic acids is 2. The molecule has 0 spiro atoms. The number of H-pyrrole nitrogens is 1. The Labute approximate surface area is 241 Å². The largest absolute Gasteiger partial charge is 0.411 e. The van der Waals surface area contributed by atoms with Gasteiger partial charge in [0.05, 0.1) is 23.3 Å². The molecular weight excluding hydrogens is 551 g/mol. The number of pyridine rings is 1. The lowest BCUT2D eigenvalue weighted by Crippen LogP contribution is -2.52. The quantitative estimate of drug-likeness (QED) is 0.188. The molecule has 10 nitrogen and oxygen atoms in total. The van der Waals surface area contributed by atoms with Crippen molar-refractivity contribution in [1.29, 1.82) is 5.41 Å². The predicted octanol–water partition coefficient (Wildman–Crippen LogP) is 4.86. The molecule has 0 radical (unpaired) electrons. The van der Waals surface area contributed by atoms with Gasteiger partial charge >= 0.3 is 0 Å². The van der Waals surface area contributed by atoms with Crippen LogP contribution in [0.2, 0.25) is 0 Å². The lowest BCUT2D eigenvalue weighted by Gasteiger charge is -2.45. The van der Waals surface area contributed by atoms with Gasteiger partial charge in [-0.1, -0.05) is 5.16 Å². The number of nitrogens with zero attached hydrogens (tertiary/aromatic N) is 4. The molecule has 0 bridgehead atoms. The van der Waals surface area contributed by atoms with Crippen molar-refractivity contribution in [3.05, 3.63) is 23.7 Å². The maximum Gasteiger partial charge on any atom is 0.271 e. The highest BCUT2D eigenvalue weighted by molar-refractivity contribution is 6.65. The number of aromatic amines is 1. The third kappa shape index (κ3) is 5.61. The minimum Gasteiger partial charge on any atom is -0.411 e. The number of carbonyl (C=O) groups is 2. The second kappa shape index (κ2) is 10.3. The normalized spacial score (nSPS) is 28.4. The van der Waals surface area contributed by atoms with Gasteiger partial charge in [-0.05, 0) is 82.3 Å². The standard InChI is InChI=1S/C29H36F3N7O3/c1-14(38-42)22(33)26(40)36-23(21(15-3-4-15)16-5-6-16)25-35-19-8-7-18(34-24(19)37-25)20-13-29(31,32)9-10-39(20)27(41)17-11-28(2,30)12-17/h7-8,15-17,20-21,23,33,42H,3-6,9-13H2,1-2H3,(H,36,40)(H,34,35,37)/b33-22?,38-14-. The van der Waals surface area contributed by atoms with E-state index >= 15 is 0 Å². The van der Waals surface area contributed by atoms with Crippen LogP contribution in [0.1, 0.15) is 88.8 Å². The van der Waals surface area contributed by atoms with Crippen LogP contribution in [0, 0.1) is 29.1 Å². The molecule has 3 heterocycles. The minimum absolute atomic E-state index is 0.0814. The van der Waals surface area contributed by atoms with E-state index in [1.54, 1.807) is 12.1 Å². The van der Waals surface area contributed by atoms with E-state index < -0.39 is 54.1 Å². The summed E-state index contributed by atoms with van der Waals surface area (Å²) in [4.78, 5) is 40.2. The van der Waals surface area contributed by atoms with Crippen LogP contribution in [0.15, 0.2) is 17.3 Å². The van der Waals surface area contributed by atoms with Gasteiger partial charge in [-0.3, -0.25) is 15.0 Å². The topological polar surface area (TPSA) is 147 Å². The number of piperidine rings is 1. The number of halogens is 3. The molecule has 226 valence electrons. The molecule has 4 N–H and O–H groups in total. The van der Waals surface area contributed by atoms with E-state index in [9.17, 15) is 22.8 Å². The van der Waals surface area contributed by atoms with E-state index in [4.69, 9.17) is 15.6 Å². The molecule has 2 unspecified atom stereocenters. The Morgan fingerprint density at radius 1 is 1.14 bits per heavy atom. The molecule has 0 aromatic carbocycles. The Bertz CT molecular complexity index is 1430. The van der Waals surface area contributed by atoms with Gasteiger partial charge in [-0.2, -0.15) is 0 Å². The summed E-state index contributed by atoms with van der Waals surface area (Å²) in [5, 5.41) is 23.0. The molecule has 2 amide bonds. The van der Waals surface area contributed by atoms with Crippen molar-refractivity contribution in [3.8, 4) is 0 Å². The third-order valence-corrected chi connectivity index (χ3v) is 9.33. The maximum absolute atomic E-state index is 14.6. The highest BCUT2D eigenvalue weighted by Gasteiger charge is 2.50. The average molecular weight is 588 g/mol. The number of alkyl halides is 3. The number of amides is 2. The van der Waals surface area contributed by atoms with Gasteiger partial charge in [-0.15, -0.1) is 0 Å². The van der Waals surface area contributed by atoms with Crippen molar-refractivity contribution in [2.75, 3.05) is 6.54 Å². The predicted molar refractivity (Wildman–Crippen MR) is 147 cm³/mol. The lowest BCUT2D eigenvalue weighted by molar-refractivity contribution is -0.156. The fourth-order valence-electron chi connectivity index (χ4n) is 6.76. The van der Waals surface area contributed by atoms with Gasteiger partial charge in [0.1, 0.15) is 22.9 Å². The molecule has 3 saturated carbocycles. The SMILES string of the molecule is C/C(=N/O)C(=N)C(=O)NC(c1nc2nc(C3CC(F)(F)CCN3C(=O)C3CC(C)(F)C3)ccc2[nH]1)C(C1CC1)C1CC1. The minimum atomic E-state index is -2.97. The van der Waals surface area contributed by atoms with Crippen LogP contribution >= 0.6 is 0 Å². The number of aromatic nitrogens is 3. The van der Waals surface area contributed by atoms with Gasteiger partial charge in [0.2, 0.25) is 5.91 Å². The first-order chi connectivity index (χ1) is 19.9. The monoisotopic (exact) mass is 587 g/mol. The summed E-state index contributed by atoms with van der Waals surface area (Å²) in [7, 11) is 0. The molecule has 1 aliphatic heterocycles. The highest BCUT2D eigenvalue weighted by Crippen LogP contribution is 2.54. The van der Waals surface area contributed by atoms with Crippen molar-refractivity contribution < 1.29 is 28.0 Å². The maximum atomic E-state index is 14.6. The Hall–Kier alpha value is -3.51. The molecule has 2 aromatic rings. The molecule has 6 rings (SSSR count). The van der Waals surface area contributed by atoms with E-state index in [0.29, 0.717) is 23.2 Å².